The highest BCUT2D eigenvalue weighted by Crippen LogP contribution is 2.35. The standard InChI is InChI=1S/C15H23NO2/c1-11-7-8-12(16)13(10-11)18-14-6-4-5-9-15(14,2)17-3/h7-8,10,14H,4-6,9,16H2,1-3H3/t14-,15?/m1/s1. The molecule has 0 aromatic heterocycles. The zero-order valence-electron chi connectivity index (χ0n) is 11.5. The number of nitrogens with two attached hydrogens (primary N) is 1. The zero-order chi connectivity index (χ0) is 13.2. The summed E-state index contributed by atoms with van der Waals surface area (Å²) in [7, 11) is 1.77. The summed E-state index contributed by atoms with van der Waals surface area (Å²) in [6.07, 6.45) is 4.54. The Morgan fingerprint density at radius 2 is 2.11 bits per heavy atom. The van der Waals surface area contributed by atoms with E-state index >= 15 is 0 Å². The molecule has 1 fully saturated rings. The molecule has 0 saturated heterocycles. The minimum Gasteiger partial charge on any atom is -0.485 e. The third kappa shape index (κ3) is 2.61. The summed E-state index contributed by atoms with van der Waals surface area (Å²) in [6, 6.07) is 5.90. The monoisotopic (exact) mass is 249 g/mol. The second-order valence-corrected chi connectivity index (χ2v) is 5.41. The first kappa shape index (κ1) is 13.2. The fourth-order valence-electron chi connectivity index (χ4n) is 2.59. The Balaban J connectivity index is 2.18. The molecule has 2 atom stereocenters. The van der Waals surface area contributed by atoms with E-state index < -0.39 is 0 Å². The van der Waals surface area contributed by atoms with E-state index in [-0.39, 0.29) is 11.7 Å². The summed E-state index contributed by atoms with van der Waals surface area (Å²) in [5.41, 5.74) is 7.63. The molecule has 2 N–H and O–H groups in total. The average molecular weight is 249 g/mol. The molecule has 1 saturated carbocycles. The smallest absolute Gasteiger partial charge is 0.143 e. The van der Waals surface area contributed by atoms with E-state index in [1.165, 1.54) is 12.8 Å². The van der Waals surface area contributed by atoms with Crippen LogP contribution < -0.4 is 10.5 Å². The molecule has 1 aliphatic carbocycles. The van der Waals surface area contributed by atoms with Crippen molar-refractivity contribution in [2.75, 3.05) is 12.8 Å². The third-order valence-electron chi connectivity index (χ3n) is 3.98. The van der Waals surface area contributed by atoms with E-state index in [1.54, 1.807) is 7.11 Å². The van der Waals surface area contributed by atoms with Gasteiger partial charge in [-0.3, -0.25) is 0 Å². The van der Waals surface area contributed by atoms with Crippen molar-refractivity contribution in [3.05, 3.63) is 23.8 Å². The lowest BCUT2D eigenvalue weighted by Gasteiger charge is -2.40. The number of ether oxygens (including phenoxy) is 2. The van der Waals surface area contributed by atoms with Crippen LogP contribution in [0.3, 0.4) is 0 Å². The molecule has 3 heteroatoms. The van der Waals surface area contributed by atoms with Gasteiger partial charge in [0.05, 0.1) is 5.69 Å². The Morgan fingerprint density at radius 1 is 1.33 bits per heavy atom. The van der Waals surface area contributed by atoms with Crippen molar-refractivity contribution in [2.45, 2.75) is 51.2 Å². The van der Waals surface area contributed by atoms with Crippen LogP contribution in [0.25, 0.3) is 0 Å². The Bertz CT molecular complexity index is 419. The van der Waals surface area contributed by atoms with Crippen molar-refractivity contribution < 1.29 is 9.47 Å². The van der Waals surface area contributed by atoms with Crippen molar-refractivity contribution in [1.29, 1.82) is 0 Å². The molecule has 1 aliphatic rings. The average Bonchev–Trinajstić information content (AvgIpc) is 2.36. The van der Waals surface area contributed by atoms with Crippen LogP contribution >= 0.6 is 0 Å². The molecule has 0 radical (unpaired) electrons. The topological polar surface area (TPSA) is 44.5 Å². The molecule has 1 aromatic carbocycles. The quantitative estimate of drug-likeness (QED) is 0.836. The molecular weight excluding hydrogens is 226 g/mol. The van der Waals surface area contributed by atoms with Gasteiger partial charge in [0.15, 0.2) is 0 Å². The van der Waals surface area contributed by atoms with Gasteiger partial charge in [-0.15, -0.1) is 0 Å². The maximum absolute atomic E-state index is 6.12. The number of rotatable bonds is 3. The van der Waals surface area contributed by atoms with Gasteiger partial charge in [0.2, 0.25) is 0 Å². The van der Waals surface area contributed by atoms with Crippen molar-refractivity contribution >= 4 is 5.69 Å². The second kappa shape index (κ2) is 5.19. The predicted molar refractivity (Wildman–Crippen MR) is 73.9 cm³/mol. The van der Waals surface area contributed by atoms with E-state index in [4.69, 9.17) is 15.2 Å². The largest absolute Gasteiger partial charge is 0.485 e. The van der Waals surface area contributed by atoms with Crippen molar-refractivity contribution in [1.82, 2.24) is 0 Å². The molecule has 1 aromatic rings. The molecule has 0 spiro atoms. The Morgan fingerprint density at radius 3 is 2.83 bits per heavy atom. The molecule has 0 bridgehead atoms. The molecule has 1 unspecified atom stereocenters. The Kier molecular flexibility index (Phi) is 3.81. The lowest BCUT2D eigenvalue weighted by atomic mass is 9.83. The third-order valence-corrected chi connectivity index (χ3v) is 3.98. The SMILES string of the molecule is COC1(C)CCCC[C@H]1Oc1cc(C)ccc1N. The molecule has 0 aliphatic heterocycles. The lowest BCUT2D eigenvalue weighted by Crippen LogP contribution is -2.47. The Hall–Kier alpha value is -1.22. The normalized spacial score (nSPS) is 28.1. The Labute approximate surface area is 109 Å². The first-order valence-corrected chi connectivity index (χ1v) is 6.63. The van der Waals surface area contributed by atoms with Gasteiger partial charge in [-0.2, -0.15) is 0 Å². The number of nitrogen functional groups attached to an aromatic ring is 1. The molecule has 0 heterocycles. The lowest BCUT2D eigenvalue weighted by molar-refractivity contribution is -0.101. The summed E-state index contributed by atoms with van der Waals surface area (Å²) < 4.78 is 11.8. The second-order valence-electron chi connectivity index (χ2n) is 5.41. The van der Waals surface area contributed by atoms with Gasteiger partial charge in [-0.05, 0) is 50.8 Å². The minimum absolute atomic E-state index is 0.0837. The molecular formula is C15H23NO2. The van der Waals surface area contributed by atoms with Gasteiger partial charge in [-0.1, -0.05) is 12.5 Å². The van der Waals surface area contributed by atoms with E-state index in [9.17, 15) is 0 Å². The van der Waals surface area contributed by atoms with Crippen molar-refractivity contribution in [3.8, 4) is 5.75 Å². The van der Waals surface area contributed by atoms with Gasteiger partial charge >= 0.3 is 0 Å². The number of benzene rings is 1. The number of hydrogen-bond acceptors (Lipinski definition) is 3. The summed E-state index contributed by atoms with van der Waals surface area (Å²) in [6.45, 7) is 4.17. The van der Waals surface area contributed by atoms with E-state index in [2.05, 4.69) is 6.92 Å². The van der Waals surface area contributed by atoms with Gasteiger partial charge in [0, 0.05) is 7.11 Å². The molecule has 0 amide bonds. The number of anilines is 1. The van der Waals surface area contributed by atoms with Crippen LogP contribution in [-0.2, 0) is 4.74 Å². The highest BCUT2D eigenvalue weighted by Gasteiger charge is 2.38. The van der Waals surface area contributed by atoms with Crippen LogP contribution in [0.15, 0.2) is 18.2 Å². The van der Waals surface area contributed by atoms with Crippen molar-refractivity contribution in [3.63, 3.8) is 0 Å². The van der Waals surface area contributed by atoms with Gasteiger partial charge in [0.1, 0.15) is 17.5 Å². The number of methoxy groups -OCH3 is 1. The maximum atomic E-state index is 6.12. The fourth-order valence-corrected chi connectivity index (χ4v) is 2.59. The van der Waals surface area contributed by atoms with E-state index in [0.717, 1.165) is 24.2 Å². The summed E-state index contributed by atoms with van der Waals surface area (Å²) >= 11 is 0. The highest BCUT2D eigenvalue weighted by molar-refractivity contribution is 5.53. The molecule has 100 valence electrons. The molecule has 2 rings (SSSR count). The predicted octanol–water partition coefficient (Wildman–Crippen LogP) is 3.30. The summed E-state index contributed by atoms with van der Waals surface area (Å²) in [4.78, 5) is 0. The van der Waals surface area contributed by atoms with Gasteiger partial charge in [-0.25, -0.2) is 0 Å². The molecule has 18 heavy (non-hydrogen) atoms. The van der Waals surface area contributed by atoms with Crippen LogP contribution in [0.1, 0.15) is 38.2 Å². The van der Waals surface area contributed by atoms with Crippen LogP contribution in [0.4, 0.5) is 5.69 Å². The van der Waals surface area contributed by atoms with E-state index in [1.807, 2.05) is 25.1 Å². The van der Waals surface area contributed by atoms with Crippen LogP contribution in [0.5, 0.6) is 5.75 Å². The van der Waals surface area contributed by atoms with E-state index in [0.29, 0.717) is 5.69 Å². The van der Waals surface area contributed by atoms with Gasteiger partial charge in [0.25, 0.3) is 0 Å². The first-order chi connectivity index (χ1) is 8.55. The summed E-state index contributed by atoms with van der Waals surface area (Å²) in [5.74, 6) is 0.783. The van der Waals surface area contributed by atoms with Crippen LogP contribution in [0.2, 0.25) is 0 Å². The highest BCUT2D eigenvalue weighted by atomic mass is 16.5. The van der Waals surface area contributed by atoms with Crippen LogP contribution in [0, 0.1) is 6.92 Å². The van der Waals surface area contributed by atoms with Gasteiger partial charge < -0.3 is 15.2 Å². The number of aryl methyl sites for hydroxylation is 1. The summed E-state index contributed by atoms with van der Waals surface area (Å²) in [5, 5.41) is 0. The van der Waals surface area contributed by atoms with Crippen molar-refractivity contribution in [2.24, 2.45) is 0 Å². The fraction of sp³-hybridized carbons (Fsp3) is 0.600. The zero-order valence-corrected chi connectivity index (χ0v) is 11.5. The first-order valence-electron chi connectivity index (χ1n) is 6.63. The minimum atomic E-state index is -0.200. The number of hydrogen-bond donors (Lipinski definition) is 1. The van der Waals surface area contributed by atoms with Crippen LogP contribution in [-0.4, -0.2) is 18.8 Å². The molecule has 3 nitrogen and oxygen atoms in total. The maximum Gasteiger partial charge on any atom is 0.143 e.